The monoisotopic (exact) mass is 418 g/mol. The number of carbonyl (C=O) groups excluding carboxylic acids is 2. The van der Waals surface area contributed by atoms with Crippen molar-refractivity contribution in [3.63, 3.8) is 0 Å². The summed E-state index contributed by atoms with van der Waals surface area (Å²) in [6, 6.07) is 14.2. The summed E-state index contributed by atoms with van der Waals surface area (Å²) in [7, 11) is -2.00. The Balaban J connectivity index is 1.70. The zero-order valence-corrected chi connectivity index (χ0v) is 17.3. The van der Waals surface area contributed by atoms with E-state index in [1.165, 1.54) is 23.9 Å². The molecule has 0 unspecified atom stereocenters. The fraction of sp³-hybridized carbons (Fsp3) is 0.300. The molecule has 2 aromatic rings. The molecular formula is C20H22N2O4S2. The van der Waals surface area contributed by atoms with E-state index in [0.29, 0.717) is 18.0 Å². The Labute approximate surface area is 169 Å². The van der Waals surface area contributed by atoms with Crippen LogP contribution >= 0.6 is 11.8 Å². The third kappa shape index (κ3) is 4.74. The first-order valence-electron chi connectivity index (χ1n) is 8.84. The summed E-state index contributed by atoms with van der Waals surface area (Å²) in [5.74, 6) is -1.03. The van der Waals surface area contributed by atoms with Gasteiger partial charge >= 0.3 is 0 Å². The minimum Gasteiger partial charge on any atom is -0.341 e. The Morgan fingerprint density at radius 3 is 2.64 bits per heavy atom. The summed E-state index contributed by atoms with van der Waals surface area (Å²) in [6.07, 6.45) is 0. The molecule has 0 saturated heterocycles. The Hall–Kier alpha value is -2.32. The zero-order chi connectivity index (χ0) is 20.3. The second-order valence-corrected chi connectivity index (χ2v) is 9.91. The molecule has 1 N–H and O–H groups in total. The van der Waals surface area contributed by atoms with E-state index in [1.54, 1.807) is 24.9 Å². The second-order valence-electron chi connectivity index (χ2n) is 6.86. The van der Waals surface area contributed by atoms with Gasteiger partial charge in [-0.2, -0.15) is 0 Å². The highest BCUT2D eigenvalue weighted by Crippen LogP contribution is 2.33. The van der Waals surface area contributed by atoms with Gasteiger partial charge in [0, 0.05) is 24.4 Å². The molecule has 1 aliphatic rings. The molecule has 0 spiro atoms. The lowest BCUT2D eigenvalue weighted by Gasteiger charge is -2.22. The average Bonchev–Trinajstić information content (AvgIpc) is 2.67. The molecule has 8 heteroatoms. The van der Waals surface area contributed by atoms with Crippen LogP contribution in [-0.4, -0.2) is 43.7 Å². The minimum absolute atomic E-state index is 0.111. The number of anilines is 1. The van der Waals surface area contributed by atoms with Gasteiger partial charge in [0.15, 0.2) is 9.84 Å². The van der Waals surface area contributed by atoms with E-state index in [-0.39, 0.29) is 22.5 Å². The standard InChI is InChI=1S/C20H22N2O4S2/c1-14(20(24)22(2)11-15-6-4-3-5-7-15)13-28(25,26)16-8-9-18-17(10-16)21-19(23)12-27-18/h3-10,14H,11-13H2,1-2H3,(H,21,23)/t14-/m1/s1. The molecule has 28 heavy (non-hydrogen) atoms. The Bertz CT molecular complexity index is 991. The predicted molar refractivity (Wildman–Crippen MR) is 110 cm³/mol. The van der Waals surface area contributed by atoms with Crippen LogP contribution in [0.2, 0.25) is 0 Å². The van der Waals surface area contributed by atoms with E-state index < -0.39 is 15.8 Å². The van der Waals surface area contributed by atoms with Gasteiger partial charge in [-0.15, -0.1) is 11.8 Å². The number of nitrogens with zero attached hydrogens (tertiary/aromatic N) is 1. The van der Waals surface area contributed by atoms with Gasteiger partial charge in [0.05, 0.1) is 22.1 Å². The van der Waals surface area contributed by atoms with Crippen molar-refractivity contribution in [1.29, 1.82) is 0 Å². The molecule has 2 amide bonds. The first-order chi connectivity index (χ1) is 13.3. The fourth-order valence-corrected chi connectivity index (χ4v) is 5.42. The van der Waals surface area contributed by atoms with E-state index in [4.69, 9.17) is 0 Å². The third-order valence-electron chi connectivity index (χ3n) is 4.47. The van der Waals surface area contributed by atoms with Crippen LogP contribution < -0.4 is 5.32 Å². The van der Waals surface area contributed by atoms with E-state index in [9.17, 15) is 18.0 Å². The van der Waals surface area contributed by atoms with Gasteiger partial charge in [-0.25, -0.2) is 8.42 Å². The maximum absolute atomic E-state index is 12.8. The van der Waals surface area contributed by atoms with Crippen LogP contribution in [0.25, 0.3) is 0 Å². The number of carbonyl (C=O) groups is 2. The molecule has 148 valence electrons. The number of amides is 2. The van der Waals surface area contributed by atoms with Crippen LogP contribution in [-0.2, 0) is 26.0 Å². The summed E-state index contributed by atoms with van der Waals surface area (Å²) in [5.41, 5.74) is 1.49. The first-order valence-corrected chi connectivity index (χ1v) is 11.5. The topological polar surface area (TPSA) is 83.5 Å². The van der Waals surface area contributed by atoms with Crippen LogP contribution in [0.5, 0.6) is 0 Å². The molecule has 6 nitrogen and oxygen atoms in total. The lowest BCUT2D eigenvalue weighted by molar-refractivity contribution is -0.133. The Morgan fingerprint density at radius 2 is 1.93 bits per heavy atom. The van der Waals surface area contributed by atoms with Crippen molar-refractivity contribution in [3.8, 4) is 0 Å². The van der Waals surface area contributed by atoms with E-state index in [0.717, 1.165) is 10.5 Å². The van der Waals surface area contributed by atoms with Gasteiger partial charge in [0.25, 0.3) is 0 Å². The quantitative estimate of drug-likeness (QED) is 0.780. The Morgan fingerprint density at radius 1 is 1.21 bits per heavy atom. The largest absolute Gasteiger partial charge is 0.341 e. The van der Waals surface area contributed by atoms with Gasteiger partial charge in [0.2, 0.25) is 11.8 Å². The number of hydrogen-bond acceptors (Lipinski definition) is 5. The number of rotatable bonds is 6. The molecule has 0 fully saturated rings. The molecule has 0 aromatic heterocycles. The molecule has 0 bridgehead atoms. The summed E-state index contributed by atoms with van der Waals surface area (Å²) >= 11 is 1.37. The SMILES string of the molecule is C[C@H](CS(=O)(=O)c1ccc2c(c1)NC(=O)CS2)C(=O)N(C)Cc1ccccc1. The van der Waals surface area contributed by atoms with E-state index in [2.05, 4.69) is 5.32 Å². The van der Waals surface area contributed by atoms with Crippen molar-refractivity contribution in [3.05, 3.63) is 54.1 Å². The smallest absolute Gasteiger partial charge is 0.234 e. The zero-order valence-electron chi connectivity index (χ0n) is 15.7. The molecule has 0 saturated carbocycles. The molecule has 2 aromatic carbocycles. The van der Waals surface area contributed by atoms with Gasteiger partial charge in [-0.3, -0.25) is 9.59 Å². The number of fused-ring (bicyclic) bond motifs is 1. The lowest BCUT2D eigenvalue weighted by atomic mass is 10.1. The molecule has 3 rings (SSSR count). The number of nitrogens with one attached hydrogen (secondary N) is 1. The Kier molecular flexibility index (Phi) is 6.10. The van der Waals surface area contributed by atoms with Crippen molar-refractivity contribution in [1.82, 2.24) is 4.90 Å². The summed E-state index contributed by atoms with van der Waals surface area (Å²) in [6.45, 7) is 2.05. The average molecular weight is 419 g/mol. The molecular weight excluding hydrogens is 396 g/mol. The van der Waals surface area contributed by atoms with Gasteiger partial charge < -0.3 is 10.2 Å². The molecule has 1 aliphatic heterocycles. The fourth-order valence-electron chi connectivity index (χ4n) is 3.06. The summed E-state index contributed by atoms with van der Waals surface area (Å²) < 4.78 is 25.6. The maximum Gasteiger partial charge on any atom is 0.234 e. The molecule has 1 atom stereocenters. The van der Waals surface area contributed by atoms with Gasteiger partial charge in [-0.05, 0) is 23.8 Å². The third-order valence-corrected chi connectivity index (χ3v) is 7.46. The van der Waals surface area contributed by atoms with Crippen molar-refractivity contribution < 1.29 is 18.0 Å². The molecule has 0 radical (unpaired) electrons. The maximum atomic E-state index is 12.8. The van der Waals surface area contributed by atoms with Crippen LogP contribution in [0.15, 0.2) is 58.3 Å². The normalized spacial score (nSPS) is 14.7. The lowest BCUT2D eigenvalue weighted by Crippen LogP contribution is -2.34. The van der Waals surface area contributed by atoms with Crippen molar-refractivity contribution in [2.45, 2.75) is 23.3 Å². The van der Waals surface area contributed by atoms with Crippen LogP contribution in [0.1, 0.15) is 12.5 Å². The van der Waals surface area contributed by atoms with Crippen molar-refractivity contribution in [2.75, 3.05) is 23.9 Å². The van der Waals surface area contributed by atoms with Gasteiger partial charge in [-0.1, -0.05) is 37.3 Å². The van der Waals surface area contributed by atoms with Crippen molar-refractivity contribution >= 4 is 39.1 Å². The number of sulfone groups is 1. The minimum atomic E-state index is -3.67. The summed E-state index contributed by atoms with van der Waals surface area (Å²) in [4.78, 5) is 26.7. The van der Waals surface area contributed by atoms with Gasteiger partial charge in [0.1, 0.15) is 0 Å². The highest BCUT2D eigenvalue weighted by atomic mass is 32.2. The van der Waals surface area contributed by atoms with E-state index in [1.807, 2.05) is 30.3 Å². The highest BCUT2D eigenvalue weighted by molar-refractivity contribution is 8.00. The van der Waals surface area contributed by atoms with Crippen LogP contribution in [0.3, 0.4) is 0 Å². The number of thioether (sulfide) groups is 1. The summed E-state index contributed by atoms with van der Waals surface area (Å²) in [5, 5.41) is 2.69. The van der Waals surface area contributed by atoms with Crippen molar-refractivity contribution in [2.24, 2.45) is 5.92 Å². The predicted octanol–water partition coefficient (Wildman–Crippen LogP) is 2.80. The number of hydrogen-bond donors (Lipinski definition) is 1. The van der Waals surface area contributed by atoms with Crippen LogP contribution in [0, 0.1) is 5.92 Å². The number of benzene rings is 2. The van der Waals surface area contributed by atoms with Crippen LogP contribution in [0.4, 0.5) is 5.69 Å². The molecule has 0 aliphatic carbocycles. The molecule has 1 heterocycles. The first kappa shape index (κ1) is 20.4. The highest BCUT2D eigenvalue weighted by Gasteiger charge is 2.27. The second kappa shape index (κ2) is 8.36. The van der Waals surface area contributed by atoms with E-state index >= 15 is 0 Å².